The average molecular weight is 492 g/mol. The maximum atomic E-state index is 13.4. The number of carbonyl (C=O) groups is 1. The van der Waals surface area contributed by atoms with Gasteiger partial charge in [0.15, 0.2) is 0 Å². The zero-order valence-electron chi connectivity index (χ0n) is 19.7. The minimum absolute atomic E-state index is 0.0154. The number of pyridine rings is 1. The Hall–Kier alpha value is -3.49. The Morgan fingerprint density at radius 3 is 2.49 bits per heavy atom. The van der Waals surface area contributed by atoms with Crippen molar-refractivity contribution in [1.82, 2.24) is 9.29 Å². The summed E-state index contributed by atoms with van der Waals surface area (Å²) >= 11 is 0. The van der Waals surface area contributed by atoms with E-state index in [1.165, 1.54) is 23.5 Å². The monoisotopic (exact) mass is 491 g/mol. The molecular formula is C27H29N3O4S. The lowest BCUT2D eigenvalue weighted by Gasteiger charge is -2.21. The summed E-state index contributed by atoms with van der Waals surface area (Å²) < 4.78 is 33.6. The van der Waals surface area contributed by atoms with E-state index < -0.39 is 15.9 Å². The third-order valence-electron chi connectivity index (χ3n) is 5.89. The molecule has 0 spiro atoms. The number of sulfonamides is 1. The highest BCUT2D eigenvalue weighted by Crippen LogP contribution is 2.30. The van der Waals surface area contributed by atoms with Gasteiger partial charge in [0, 0.05) is 30.5 Å². The van der Waals surface area contributed by atoms with Crippen molar-refractivity contribution in [3.63, 3.8) is 0 Å². The van der Waals surface area contributed by atoms with Crippen molar-refractivity contribution in [2.75, 3.05) is 25.5 Å². The molecule has 1 aliphatic heterocycles. The predicted octanol–water partition coefficient (Wildman–Crippen LogP) is 5.08. The maximum absolute atomic E-state index is 13.4. The summed E-state index contributed by atoms with van der Waals surface area (Å²) in [6.07, 6.45) is 9.22. The molecule has 182 valence electrons. The number of hydrogen-bond donors (Lipinski definition) is 1. The minimum atomic E-state index is -3.78. The van der Waals surface area contributed by atoms with Crippen LogP contribution in [-0.4, -0.2) is 43.8 Å². The fraction of sp³-hybridized carbons (Fsp3) is 0.259. The third kappa shape index (κ3) is 6.15. The van der Waals surface area contributed by atoms with Gasteiger partial charge in [-0.05, 0) is 66.9 Å². The number of anilines is 1. The van der Waals surface area contributed by atoms with Crippen LogP contribution >= 0.6 is 0 Å². The quantitative estimate of drug-likeness (QED) is 0.498. The lowest BCUT2D eigenvalue weighted by Crippen LogP contribution is -2.32. The number of hydrogen-bond acceptors (Lipinski definition) is 5. The molecule has 7 nitrogen and oxygen atoms in total. The van der Waals surface area contributed by atoms with E-state index in [0.29, 0.717) is 18.8 Å². The predicted molar refractivity (Wildman–Crippen MR) is 138 cm³/mol. The first kappa shape index (κ1) is 24.6. The van der Waals surface area contributed by atoms with E-state index in [2.05, 4.69) is 10.3 Å². The average Bonchev–Trinajstić information content (AvgIpc) is 3.18. The summed E-state index contributed by atoms with van der Waals surface area (Å²) in [5.74, 6) is -0.168. The Morgan fingerprint density at radius 1 is 0.971 bits per heavy atom. The minimum Gasteiger partial charge on any atom is -0.495 e. The summed E-state index contributed by atoms with van der Waals surface area (Å²) in [6.45, 7) is 0.946. The Bertz CT molecular complexity index is 1300. The number of amides is 1. The molecule has 1 N–H and O–H groups in total. The number of benzene rings is 2. The second kappa shape index (κ2) is 11.3. The largest absolute Gasteiger partial charge is 0.495 e. The molecule has 1 aliphatic rings. The molecule has 35 heavy (non-hydrogen) atoms. The zero-order valence-corrected chi connectivity index (χ0v) is 20.5. The van der Waals surface area contributed by atoms with Gasteiger partial charge in [0.1, 0.15) is 10.6 Å². The molecule has 0 saturated carbocycles. The molecule has 0 aliphatic carbocycles. The van der Waals surface area contributed by atoms with Gasteiger partial charge in [-0.25, -0.2) is 8.42 Å². The molecule has 2 heterocycles. The summed E-state index contributed by atoms with van der Waals surface area (Å²) in [7, 11) is -2.35. The number of methoxy groups -OCH3 is 1. The topological polar surface area (TPSA) is 88.6 Å². The molecule has 0 radical (unpaired) electrons. The van der Waals surface area contributed by atoms with Crippen LogP contribution in [0, 0.1) is 0 Å². The van der Waals surface area contributed by atoms with Gasteiger partial charge in [0.05, 0.1) is 12.8 Å². The highest BCUT2D eigenvalue weighted by molar-refractivity contribution is 7.89. The van der Waals surface area contributed by atoms with Gasteiger partial charge < -0.3 is 10.1 Å². The standard InChI is InChI=1S/C27H29N3O4S/c1-34-25-15-13-22(20-26(25)35(32,33)30-17-6-2-3-7-18-30)27(31)29-24-11-8-9-21(19-24)12-14-23-10-4-5-16-28-23/h4-5,8-16,19-20H,2-3,6-7,17-18H2,1H3,(H,29,31)/b14-12+. The van der Waals surface area contributed by atoms with Crippen molar-refractivity contribution < 1.29 is 17.9 Å². The Kier molecular flexibility index (Phi) is 7.94. The molecule has 1 fully saturated rings. The molecule has 1 amide bonds. The second-order valence-electron chi connectivity index (χ2n) is 8.35. The zero-order chi connectivity index (χ0) is 24.7. The molecule has 0 unspecified atom stereocenters. The lowest BCUT2D eigenvalue weighted by atomic mass is 10.1. The van der Waals surface area contributed by atoms with E-state index >= 15 is 0 Å². The van der Waals surface area contributed by atoms with E-state index in [4.69, 9.17) is 4.74 Å². The SMILES string of the molecule is COc1ccc(C(=O)Nc2cccc(/C=C/c3ccccn3)c2)cc1S(=O)(=O)N1CCCCCC1. The highest BCUT2D eigenvalue weighted by atomic mass is 32.2. The smallest absolute Gasteiger partial charge is 0.255 e. The normalized spacial score (nSPS) is 15.0. The molecule has 8 heteroatoms. The molecule has 0 bridgehead atoms. The Balaban J connectivity index is 1.55. The number of ether oxygens (including phenoxy) is 1. The van der Waals surface area contributed by atoms with Crippen LogP contribution in [0.3, 0.4) is 0 Å². The fourth-order valence-corrected chi connectivity index (χ4v) is 5.72. The first-order valence-corrected chi connectivity index (χ1v) is 13.1. The van der Waals surface area contributed by atoms with Crippen LogP contribution in [0.25, 0.3) is 12.2 Å². The van der Waals surface area contributed by atoms with Crippen molar-refractivity contribution in [3.05, 3.63) is 83.7 Å². The second-order valence-corrected chi connectivity index (χ2v) is 10.3. The number of nitrogens with zero attached hydrogens (tertiary/aromatic N) is 2. The van der Waals surface area contributed by atoms with Crippen molar-refractivity contribution in [3.8, 4) is 5.75 Å². The molecule has 0 atom stereocenters. The molecule has 2 aromatic carbocycles. The highest BCUT2D eigenvalue weighted by Gasteiger charge is 2.29. The summed E-state index contributed by atoms with van der Waals surface area (Å²) in [5, 5.41) is 2.86. The van der Waals surface area contributed by atoms with E-state index in [-0.39, 0.29) is 16.2 Å². The van der Waals surface area contributed by atoms with Crippen molar-refractivity contribution >= 4 is 33.8 Å². The van der Waals surface area contributed by atoms with Crippen LogP contribution < -0.4 is 10.1 Å². The Morgan fingerprint density at radius 2 is 1.77 bits per heavy atom. The van der Waals surface area contributed by atoms with Gasteiger partial charge in [0.2, 0.25) is 10.0 Å². The number of aromatic nitrogens is 1. The van der Waals surface area contributed by atoms with Crippen LogP contribution in [-0.2, 0) is 10.0 Å². The fourth-order valence-electron chi connectivity index (χ4n) is 4.02. The van der Waals surface area contributed by atoms with E-state index in [9.17, 15) is 13.2 Å². The van der Waals surface area contributed by atoms with Crippen LogP contribution in [0.1, 0.15) is 47.3 Å². The molecule has 1 saturated heterocycles. The first-order valence-electron chi connectivity index (χ1n) is 11.7. The van der Waals surface area contributed by atoms with E-state index in [1.54, 1.807) is 18.3 Å². The molecule has 1 aromatic heterocycles. The van der Waals surface area contributed by atoms with Gasteiger partial charge in [-0.15, -0.1) is 0 Å². The summed E-state index contributed by atoms with van der Waals surface area (Å²) in [5.41, 5.74) is 2.57. The van der Waals surface area contributed by atoms with Crippen molar-refractivity contribution in [2.45, 2.75) is 30.6 Å². The van der Waals surface area contributed by atoms with Crippen molar-refractivity contribution in [1.29, 1.82) is 0 Å². The maximum Gasteiger partial charge on any atom is 0.255 e. The molecule has 3 aromatic rings. The molecular weight excluding hydrogens is 462 g/mol. The summed E-state index contributed by atoms with van der Waals surface area (Å²) in [6, 6.07) is 17.6. The van der Waals surface area contributed by atoms with Crippen LogP contribution in [0.15, 0.2) is 71.8 Å². The van der Waals surface area contributed by atoms with E-state index in [0.717, 1.165) is 36.9 Å². The van der Waals surface area contributed by atoms with Crippen LogP contribution in [0.2, 0.25) is 0 Å². The summed E-state index contributed by atoms with van der Waals surface area (Å²) in [4.78, 5) is 17.3. The first-order chi connectivity index (χ1) is 17.0. The number of nitrogens with one attached hydrogen (secondary N) is 1. The van der Waals surface area contributed by atoms with Crippen LogP contribution in [0.4, 0.5) is 5.69 Å². The number of carbonyl (C=O) groups excluding carboxylic acids is 1. The van der Waals surface area contributed by atoms with Gasteiger partial charge in [0.25, 0.3) is 5.91 Å². The van der Waals surface area contributed by atoms with Crippen molar-refractivity contribution in [2.24, 2.45) is 0 Å². The van der Waals surface area contributed by atoms with Gasteiger partial charge >= 0.3 is 0 Å². The van der Waals surface area contributed by atoms with E-state index in [1.807, 2.05) is 48.6 Å². The lowest BCUT2D eigenvalue weighted by molar-refractivity contribution is 0.102. The van der Waals surface area contributed by atoms with Gasteiger partial charge in [-0.1, -0.05) is 37.1 Å². The third-order valence-corrected chi connectivity index (χ3v) is 7.81. The van der Waals surface area contributed by atoms with Gasteiger partial charge in [-0.2, -0.15) is 4.31 Å². The van der Waals surface area contributed by atoms with Gasteiger partial charge in [-0.3, -0.25) is 9.78 Å². The number of rotatable bonds is 7. The van der Waals surface area contributed by atoms with Crippen LogP contribution in [0.5, 0.6) is 5.75 Å². The Labute approximate surface area is 206 Å². The molecule has 4 rings (SSSR count).